The first-order chi connectivity index (χ1) is 10.3. The summed E-state index contributed by atoms with van der Waals surface area (Å²) >= 11 is 0. The number of methoxy groups -OCH3 is 1. The van der Waals surface area contributed by atoms with Crippen molar-refractivity contribution in [3.63, 3.8) is 0 Å². The molecule has 0 rings (SSSR count). The summed E-state index contributed by atoms with van der Waals surface area (Å²) in [6.45, 7) is 1.91. The second-order valence-electron chi connectivity index (χ2n) is 4.86. The molecule has 9 nitrogen and oxygen atoms in total. The summed E-state index contributed by atoms with van der Waals surface area (Å²) < 4.78 is 4.49. The first-order valence-corrected chi connectivity index (χ1v) is 6.93. The Morgan fingerprint density at radius 2 is 1.91 bits per heavy atom. The summed E-state index contributed by atoms with van der Waals surface area (Å²) in [5, 5.41) is 11.5. The lowest BCUT2D eigenvalue weighted by Crippen LogP contribution is -2.43. The maximum absolute atomic E-state index is 11.9. The van der Waals surface area contributed by atoms with E-state index in [1.807, 2.05) is 0 Å². The fourth-order valence-electron chi connectivity index (χ4n) is 1.64. The van der Waals surface area contributed by atoms with Crippen molar-refractivity contribution >= 4 is 23.8 Å². The van der Waals surface area contributed by atoms with Gasteiger partial charge in [0.1, 0.15) is 6.04 Å². The predicted molar refractivity (Wildman–Crippen MR) is 79.9 cm³/mol. The van der Waals surface area contributed by atoms with Gasteiger partial charge in [-0.15, -0.1) is 0 Å². The van der Waals surface area contributed by atoms with Gasteiger partial charge in [0.2, 0.25) is 5.91 Å². The Hall–Kier alpha value is -2.32. The molecule has 0 fully saturated rings. The van der Waals surface area contributed by atoms with Crippen LogP contribution in [0.25, 0.3) is 0 Å². The number of nitrogens with zero attached hydrogens (tertiary/aromatic N) is 1. The van der Waals surface area contributed by atoms with E-state index in [1.165, 1.54) is 7.11 Å². The smallest absolute Gasteiger partial charge is 0.326 e. The molecule has 1 amide bonds. The zero-order valence-electron chi connectivity index (χ0n) is 12.9. The molecule has 6 N–H and O–H groups in total. The van der Waals surface area contributed by atoms with Crippen LogP contribution in [-0.4, -0.2) is 48.6 Å². The maximum atomic E-state index is 11.9. The summed E-state index contributed by atoms with van der Waals surface area (Å²) in [4.78, 5) is 37.8. The maximum Gasteiger partial charge on any atom is 0.326 e. The van der Waals surface area contributed by atoms with E-state index in [4.69, 9.17) is 16.6 Å². The Morgan fingerprint density at radius 1 is 1.27 bits per heavy atom. The molecule has 0 saturated heterocycles. The third-order valence-electron chi connectivity index (χ3n) is 3.02. The summed E-state index contributed by atoms with van der Waals surface area (Å²) in [5.74, 6) is -2.51. The fraction of sp³-hybridized carbons (Fsp3) is 0.692. The Kier molecular flexibility index (Phi) is 9.31. The highest BCUT2D eigenvalue weighted by Gasteiger charge is 2.23. The van der Waals surface area contributed by atoms with Gasteiger partial charge in [-0.3, -0.25) is 14.6 Å². The number of carboxylic acids is 1. The molecule has 0 spiro atoms. The minimum Gasteiger partial charge on any atom is -0.480 e. The first kappa shape index (κ1) is 19.7. The van der Waals surface area contributed by atoms with Crippen LogP contribution < -0.4 is 16.8 Å². The molecule has 0 bridgehead atoms. The largest absolute Gasteiger partial charge is 0.480 e. The molecular weight excluding hydrogens is 292 g/mol. The molecule has 0 heterocycles. The van der Waals surface area contributed by atoms with Crippen LogP contribution in [0.15, 0.2) is 4.99 Å². The van der Waals surface area contributed by atoms with Gasteiger partial charge in [0.15, 0.2) is 5.96 Å². The molecule has 9 heteroatoms. The van der Waals surface area contributed by atoms with Crippen molar-refractivity contribution in [2.75, 3.05) is 13.7 Å². The third kappa shape index (κ3) is 8.77. The summed E-state index contributed by atoms with van der Waals surface area (Å²) in [6.07, 6.45) is 1.03. The highest BCUT2D eigenvalue weighted by Crippen LogP contribution is 2.08. The van der Waals surface area contributed by atoms with Crippen LogP contribution in [0.1, 0.15) is 32.6 Å². The van der Waals surface area contributed by atoms with Gasteiger partial charge in [0.25, 0.3) is 0 Å². The van der Waals surface area contributed by atoms with E-state index in [9.17, 15) is 14.4 Å². The zero-order valence-corrected chi connectivity index (χ0v) is 12.9. The molecule has 0 radical (unpaired) electrons. The normalized spacial score (nSPS) is 12.8. The highest BCUT2D eigenvalue weighted by atomic mass is 16.5. The number of rotatable bonds is 10. The number of hydrogen-bond donors (Lipinski definition) is 4. The number of aliphatic imine (C=N–C) groups is 1. The monoisotopic (exact) mass is 316 g/mol. The van der Waals surface area contributed by atoms with Gasteiger partial charge >= 0.3 is 11.9 Å². The van der Waals surface area contributed by atoms with Crippen LogP contribution >= 0.6 is 0 Å². The minimum absolute atomic E-state index is 0.0626. The van der Waals surface area contributed by atoms with Crippen molar-refractivity contribution < 1.29 is 24.2 Å². The van der Waals surface area contributed by atoms with Gasteiger partial charge < -0.3 is 26.6 Å². The molecule has 0 aliphatic heterocycles. The molecule has 1 unspecified atom stereocenters. The van der Waals surface area contributed by atoms with Crippen molar-refractivity contribution in [2.24, 2.45) is 22.4 Å². The molecule has 0 aliphatic carbocycles. The standard InChI is InChI=1S/C13H24N4O5/c1-8(5-6-10(18)22-2)11(19)17-9(12(20)21)4-3-7-16-13(14)15/h8-9H,3-7H2,1-2H3,(H,17,19)(H,20,21)(H4,14,15,16)/t8?,9-/m0/s1. The van der Waals surface area contributed by atoms with Gasteiger partial charge in [-0.1, -0.05) is 6.92 Å². The molecule has 126 valence electrons. The summed E-state index contributed by atoms with van der Waals surface area (Å²) in [5.41, 5.74) is 10.3. The number of nitrogens with two attached hydrogens (primary N) is 2. The van der Waals surface area contributed by atoms with Crippen LogP contribution in [0.2, 0.25) is 0 Å². The van der Waals surface area contributed by atoms with Gasteiger partial charge in [-0.2, -0.15) is 0 Å². The molecule has 0 aromatic heterocycles. The third-order valence-corrected chi connectivity index (χ3v) is 3.02. The average Bonchev–Trinajstić information content (AvgIpc) is 2.46. The lowest BCUT2D eigenvalue weighted by Gasteiger charge is -2.17. The first-order valence-electron chi connectivity index (χ1n) is 6.93. The summed E-state index contributed by atoms with van der Waals surface area (Å²) in [7, 11) is 1.27. The van der Waals surface area contributed by atoms with Gasteiger partial charge in [0, 0.05) is 18.9 Å². The van der Waals surface area contributed by atoms with E-state index in [1.54, 1.807) is 6.92 Å². The number of ether oxygens (including phenoxy) is 1. The Morgan fingerprint density at radius 3 is 2.41 bits per heavy atom. The second-order valence-corrected chi connectivity index (χ2v) is 4.86. The SMILES string of the molecule is COC(=O)CCC(C)C(=O)N[C@@H](CCCN=C(N)N)C(=O)O. The number of nitrogens with one attached hydrogen (secondary N) is 1. The van der Waals surface area contributed by atoms with Gasteiger partial charge in [-0.05, 0) is 19.3 Å². The quantitative estimate of drug-likeness (QED) is 0.178. The predicted octanol–water partition coefficient (Wildman–Crippen LogP) is -0.801. The Bertz CT molecular complexity index is 421. The Balaban J connectivity index is 4.30. The number of aliphatic carboxylic acids is 1. The molecule has 2 atom stereocenters. The number of carboxylic acid groups (broad SMARTS) is 1. The second kappa shape index (κ2) is 10.4. The van der Waals surface area contributed by atoms with Gasteiger partial charge in [0.05, 0.1) is 7.11 Å². The van der Waals surface area contributed by atoms with Crippen molar-refractivity contribution in [3.05, 3.63) is 0 Å². The van der Waals surface area contributed by atoms with E-state index in [-0.39, 0.29) is 18.8 Å². The fourth-order valence-corrected chi connectivity index (χ4v) is 1.64. The molecule has 22 heavy (non-hydrogen) atoms. The van der Waals surface area contributed by atoms with Crippen molar-refractivity contribution in [2.45, 2.75) is 38.6 Å². The van der Waals surface area contributed by atoms with Crippen LogP contribution in [0.4, 0.5) is 0 Å². The number of carbonyl (C=O) groups is 3. The average molecular weight is 316 g/mol. The number of guanidine groups is 1. The van der Waals surface area contributed by atoms with E-state index >= 15 is 0 Å². The molecule has 0 aromatic carbocycles. The number of carbonyl (C=O) groups excluding carboxylic acids is 2. The van der Waals surface area contributed by atoms with Crippen LogP contribution in [0, 0.1) is 5.92 Å². The van der Waals surface area contributed by atoms with Crippen LogP contribution in [0.5, 0.6) is 0 Å². The zero-order chi connectivity index (χ0) is 17.1. The minimum atomic E-state index is -1.13. The lowest BCUT2D eigenvalue weighted by molar-refractivity contribution is -0.143. The molecule has 0 saturated carbocycles. The number of esters is 1. The highest BCUT2D eigenvalue weighted by molar-refractivity contribution is 5.85. The summed E-state index contributed by atoms with van der Waals surface area (Å²) in [6, 6.07) is -1.01. The molecule has 0 aliphatic rings. The van der Waals surface area contributed by atoms with Crippen molar-refractivity contribution in [1.82, 2.24) is 5.32 Å². The van der Waals surface area contributed by atoms with E-state index < -0.39 is 29.8 Å². The van der Waals surface area contributed by atoms with Crippen molar-refractivity contribution in [3.8, 4) is 0 Å². The number of amides is 1. The Labute approximate surface area is 129 Å². The lowest BCUT2D eigenvalue weighted by atomic mass is 10.0. The molecular formula is C13H24N4O5. The topological polar surface area (TPSA) is 157 Å². The van der Waals surface area contributed by atoms with E-state index in [0.29, 0.717) is 19.4 Å². The van der Waals surface area contributed by atoms with E-state index in [2.05, 4.69) is 15.0 Å². The van der Waals surface area contributed by atoms with E-state index in [0.717, 1.165) is 0 Å². The van der Waals surface area contributed by atoms with Crippen LogP contribution in [0.3, 0.4) is 0 Å². The van der Waals surface area contributed by atoms with Crippen molar-refractivity contribution in [1.29, 1.82) is 0 Å². The number of hydrogen-bond acceptors (Lipinski definition) is 5. The molecule has 0 aromatic rings. The van der Waals surface area contributed by atoms with Gasteiger partial charge in [-0.25, -0.2) is 4.79 Å². The van der Waals surface area contributed by atoms with Crippen LogP contribution in [-0.2, 0) is 19.1 Å².